The molecular formula is C52H66N6O9. The van der Waals surface area contributed by atoms with Crippen molar-refractivity contribution in [2.75, 3.05) is 19.0 Å². The summed E-state index contributed by atoms with van der Waals surface area (Å²) in [5.41, 5.74) is 1.28. The molecule has 2 aliphatic heterocycles. The molecule has 2 aromatic heterocycles. The largest absolute Gasteiger partial charge is 0.497 e. The van der Waals surface area contributed by atoms with E-state index < -0.39 is 70.7 Å². The molecule has 67 heavy (non-hydrogen) atoms. The van der Waals surface area contributed by atoms with E-state index in [1.807, 2.05) is 106 Å². The van der Waals surface area contributed by atoms with Gasteiger partial charge in [0.2, 0.25) is 0 Å². The predicted octanol–water partition coefficient (Wildman–Crippen LogP) is 9.94. The topological polar surface area (TPSA) is 169 Å². The number of fused-ring (bicyclic) bond motifs is 2. The number of carbonyl (C=O) groups is 2. The smallest absolute Gasteiger partial charge is 0.420 e. The number of carbonyl (C=O) groups excluding carboxylic acids is 2. The third-order valence-electron chi connectivity index (χ3n) is 11.8. The molecule has 15 heteroatoms. The number of rotatable bonds is 13. The Morgan fingerprint density at radius 2 is 1.36 bits per heavy atom. The summed E-state index contributed by atoms with van der Waals surface area (Å²) in [7, 11) is 1.65. The first-order chi connectivity index (χ1) is 31.5. The molecule has 0 spiro atoms. The summed E-state index contributed by atoms with van der Waals surface area (Å²) in [6.45, 7) is 19.7. The Morgan fingerprint density at radius 3 is 1.88 bits per heavy atom. The number of nitrogens with zero attached hydrogens (tertiary/aromatic N) is 5. The highest BCUT2D eigenvalue weighted by Gasteiger charge is 2.56. The van der Waals surface area contributed by atoms with Crippen molar-refractivity contribution in [3.8, 4) is 5.75 Å². The molecule has 2 fully saturated rings. The number of aliphatic hydroxyl groups is 1. The third-order valence-corrected chi connectivity index (χ3v) is 11.8. The summed E-state index contributed by atoms with van der Waals surface area (Å²) in [4.78, 5) is 43.1. The van der Waals surface area contributed by atoms with Crippen LogP contribution in [0, 0.1) is 5.41 Å². The number of anilines is 1. The summed E-state index contributed by atoms with van der Waals surface area (Å²) in [6.07, 6.45) is 1.45. The van der Waals surface area contributed by atoms with Crippen LogP contribution in [0.4, 0.5) is 15.4 Å². The second kappa shape index (κ2) is 19.0. The lowest BCUT2D eigenvalue weighted by molar-refractivity contribution is -0.191. The normalized spacial score (nSPS) is 20.3. The first-order valence-electron chi connectivity index (χ1n) is 22.8. The molecule has 0 radical (unpaired) electrons. The van der Waals surface area contributed by atoms with Gasteiger partial charge in [-0.05, 0) is 108 Å². The van der Waals surface area contributed by atoms with Gasteiger partial charge in [0.15, 0.2) is 29.0 Å². The molecule has 3 aromatic carbocycles. The fourth-order valence-electron chi connectivity index (χ4n) is 8.88. The zero-order valence-electron chi connectivity index (χ0n) is 40.8. The van der Waals surface area contributed by atoms with Crippen LogP contribution in [0.1, 0.15) is 112 Å². The molecular weight excluding hydrogens is 853 g/mol. The monoisotopic (exact) mass is 918 g/mol. The first-order valence-corrected chi connectivity index (χ1v) is 22.8. The summed E-state index contributed by atoms with van der Waals surface area (Å²) in [6, 6.07) is 27.7. The number of hydrogen-bond donors (Lipinski definition) is 2. The molecule has 0 unspecified atom stereocenters. The fraction of sp³-hybridized carbons (Fsp3) is 0.481. The lowest BCUT2D eigenvalue weighted by Gasteiger charge is -2.40. The van der Waals surface area contributed by atoms with Crippen LogP contribution in [-0.4, -0.2) is 96.8 Å². The van der Waals surface area contributed by atoms with Crippen molar-refractivity contribution in [2.45, 2.75) is 142 Å². The number of methoxy groups -OCH3 is 1. The molecule has 15 nitrogen and oxygen atoms in total. The van der Waals surface area contributed by atoms with Crippen molar-refractivity contribution < 1.29 is 43.1 Å². The Balaban J connectivity index is 1.23. The maximum absolute atomic E-state index is 13.8. The molecule has 0 saturated carbocycles. The molecule has 5 atom stereocenters. The van der Waals surface area contributed by atoms with E-state index in [0.717, 1.165) is 27.3 Å². The minimum absolute atomic E-state index is 0.296. The van der Waals surface area contributed by atoms with Crippen molar-refractivity contribution in [3.05, 3.63) is 126 Å². The van der Waals surface area contributed by atoms with Crippen LogP contribution in [0.3, 0.4) is 0 Å². The van der Waals surface area contributed by atoms with E-state index in [9.17, 15) is 14.7 Å². The number of aromatic nitrogens is 4. The lowest BCUT2D eigenvalue weighted by Crippen LogP contribution is -2.53. The van der Waals surface area contributed by atoms with Crippen molar-refractivity contribution in [3.63, 3.8) is 0 Å². The number of benzene rings is 3. The zero-order valence-corrected chi connectivity index (χ0v) is 40.8. The van der Waals surface area contributed by atoms with Gasteiger partial charge in [-0.25, -0.2) is 29.4 Å². The number of imide groups is 1. The molecule has 2 amide bonds. The molecule has 4 heterocycles. The van der Waals surface area contributed by atoms with Gasteiger partial charge in [0.25, 0.3) is 0 Å². The van der Waals surface area contributed by atoms with Crippen molar-refractivity contribution in [1.82, 2.24) is 24.4 Å². The zero-order chi connectivity index (χ0) is 48.5. The van der Waals surface area contributed by atoms with Crippen LogP contribution in [0.25, 0.3) is 11.2 Å². The summed E-state index contributed by atoms with van der Waals surface area (Å²) < 4.78 is 38.7. The maximum Gasteiger partial charge on any atom is 0.420 e. The van der Waals surface area contributed by atoms with Crippen LogP contribution in [0.2, 0.25) is 0 Å². The van der Waals surface area contributed by atoms with Crippen LogP contribution in [-0.2, 0) is 29.2 Å². The van der Waals surface area contributed by atoms with E-state index in [1.54, 1.807) is 55.0 Å². The first kappa shape index (κ1) is 49.0. The van der Waals surface area contributed by atoms with Crippen molar-refractivity contribution >= 4 is 29.2 Å². The van der Waals surface area contributed by atoms with Crippen LogP contribution in [0.15, 0.2) is 109 Å². The Labute approximate surface area is 393 Å². The SMILES string of the molecule is COc1ccc(C(Nc2ncnc3c2ncn3[C@@H]2O[C@H](C=C(CO)CC[C@H](N(C(=O)OC(C)(C)C)C(=O)OC(C)(C)C)C(C)(C)C)[C@H]3OC(C)(C)O[C@H]32)(c2ccccc2)c2ccccc2)cc1. The number of ether oxygens (including phenoxy) is 6. The maximum atomic E-state index is 13.8. The Hall–Kier alpha value is -5.87. The van der Waals surface area contributed by atoms with E-state index in [1.165, 1.54) is 6.33 Å². The van der Waals surface area contributed by atoms with Gasteiger partial charge < -0.3 is 38.8 Å². The summed E-state index contributed by atoms with van der Waals surface area (Å²) >= 11 is 0. The lowest BCUT2D eigenvalue weighted by atomic mass is 9.77. The number of hydrogen-bond acceptors (Lipinski definition) is 13. The van der Waals surface area contributed by atoms with Crippen LogP contribution < -0.4 is 10.1 Å². The van der Waals surface area contributed by atoms with Crippen LogP contribution >= 0.6 is 0 Å². The minimum atomic E-state index is -0.955. The molecule has 2 aliphatic rings. The number of nitrogens with one attached hydrogen (secondary N) is 1. The van der Waals surface area contributed by atoms with E-state index in [-0.39, 0.29) is 6.61 Å². The van der Waals surface area contributed by atoms with Gasteiger partial charge in [-0.2, -0.15) is 0 Å². The second-order valence-electron chi connectivity index (χ2n) is 20.7. The highest BCUT2D eigenvalue weighted by atomic mass is 16.8. The van der Waals surface area contributed by atoms with E-state index in [0.29, 0.717) is 35.4 Å². The molecule has 7 rings (SSSR count). The van der Waals surface area contributed by atoms with Gasteiger partial charge in [0.1, 0.15) is 47.1 Å². The Kier molecular flexibility index (Phi) is 13.9. The standard InChI is InChI=1S/C52H66N6O9/c1-48(2,3)39(58(46(60)66-49(4,5)6)47(61)67-50(7,8)9)28-23-33(30-59)29-38-41-42(65-51(10,11)64-41)45(63-38)57-32-55-40-43(53-31-54-44(40)57)56-52(34-19-15-13-16-20-34,35-21-17-14-18-22-35)36-24-26-37(62-12)27-25-36/h13-22,24-27,29,31-32,38-39,41-42,45,59H,23,28,30H2,1-12H3,(H,53,54,56)/t38-,39+,41-,42-,45-/m1/s1. The molecule has 0 bridgehead atoms. The van der Waals surface area contributed by atoms with Crippen molar-refractivity contribution in [1.29, 1.82) is 0 Å². The summed E-state index contributed by atoms with van der Waals surface area (Å²) in [5, 5.41) is 14.7. The number of aliphatic hydroxyl groups excluding tert-OH is 1. The molecule has 5 aromatic rings. The number of amides is 2. The van der Waals surface area contributed by atoms with Crippen LogP contribution in [0.5, 0.6) is 5.75 Å². The second-order valence-corrected chi connectivity index (χ2v) is 20.7. The van der Waals surface area contributed by atoms with Gasteiger partial charge in [-0.3, -0.25) is 4.57 Å². The molecule has 2 N–H and O–H groups in total. The van der Waals surface area contributed by atoms with Crippen molar-refractivity contribution in [2.24, 2.45) is 5.41 Å². The summed E-state index contributed by atoms with van der Waals surface area (Å²) in [5.74, 6) is 0.266. The third kappa shape index (κ3) is 10.8. The highest BCUT2D eigenvalue weighted by Crippen LogP contribution is 2.46. The van der Waals surface area contributed by atoms with Gasteiger partial charge in [0.05, 0.1) is 26.1 Å². The van der Waals surface area contributed by atoms with E-state index in [4.69, 9.17) is 43.4 Å². The Bertz CT molecular complexity index is 2460. The van der Waals surface area contributed by atoms with Gasteiger partial charge in [-0.15, -0.1) is 0 Å². The van der Waals surface area contributed by atoms with Gasteiger partial charge in [-0.1, -0.05) is 99.6 Å². The van der Waals surface area contributed by atoms with Gasteiger partial charge in [0, 0.05) is 0 Å². The van der Waals surface area contributed by atoms with E-state index >= 15 is 0 Å². The molecule has 358 valence electrons. The molecule has 2 saturated heterocycles. The van der Waals surface area contributed by atoms with E-state index in [2.05, 4.69) is 29.6 Å². The molecule has 0 aliphatic carbocycles. The van der Waals surface area contributed by atoms with Gasteiger partial charge >= 0.3 is 12.2 Å². The predicted molar refractivity (Wildman–Crippen MR) is 254 cm³/mol. The average Bonchev–Trinajstić information content (AvgIpc) is 3.93. The minimum Gasteiger partial charge on any atom is -0.497 e. The Morgan fingerprint density at radius 1 is 0.806 bits per heavy atom. The fourth-order valence-corrected chi connectivity index (χ4v) is 8.88. The average molecular weight is 919 g/mol. The number of imidazole rings is 1. The highest BCUT2D eigenvalue weighted by molar-refractivity contribution is 5.89. The quantitative estimate of drug-likeness (QED) is 0.0846.